The molecule has 4 heteroatoms. The van der Waals surface area contributed by atoms with Crippen LogP contribution in [0.15, 0.2) is 35.0 Å². The van der Waals surface area contributed by atoms with E-state index in [0.29, 0.717) is 6.54 Å². The number of fused-ring (bicyclic) bond motifs is 1. The van der Waals surface area contributed by atoms with Crippen LogP contribution < -0.4 is 5.73 Å². The van der Waals surface area contributed by atoms with Gasteiger partial charge in [0.1, 0.15) is 0 Å². The average molecular weight is 241 g/mol. The third-order valence-corrected chi connectivity index (χ3v) is 3.29. The van der Waals surface area contributed by atoms with Gasteiger partial charge in [-0.3, -0.25) is 0 Å². The second-order valence-corrected chi connectivity index (χ2v) is 4.54. The molecular formula is C14H15N3O. The molecule has 0 aliphatic heterocycles. The van der Waals surface area contributed by atoms with Crippen LogP contribution in [0.5, 0.6) is 0 Å². The van der Waals surface area contributed by atoms with E-state index < -0.39 is 0 Å². The van der Waals surface area contributed by atoms with Gasteiger partial charge >= 0.3 is 0 Å². The Kier molecular flexibility index (Phi) is 2.45. The van der Waals surface area contributed by atoms with E-state index in [2.05, 4.69) is 40.9 Å². The minimum atomic E-state index is 0.430. The van der Waals surface area contributed by atoms with Crippen molar-refractivity contribution < 1.29 is 4.52 Å². The van der Waals surface area contributed by atoms with Gasteiger partial charge in [0.25, 0.3) is 0 Å². The summed E-state index contributed by atoms with van der Waals surface area (Å²) in [6, 6.07) is 8.50. The Morgan fingerprint density at radius 1 is 1.33 bits per heavy atom. The molecule has 18 heavy (non-hydrogen) atoms. The standard InChI is InChI=1S/C14H15N3O/c1-9-3-4-12-10(5-9)6-13(17(12)2)14-11(7-15)8-16-18-14/h3-6,8H,7,15H2,1-2H3. The summed E-state index contributed by atoms with van der Waals surface area (Å²) in [7, 11) is 2.02. The zero-order valence-corrected chi connectivity index (χ0v) is 10.5. The van der Waals surface area contributed by atoms with Crippen molar-refractivity contribution >= 4 is 10.9 Å². The fourth-order valence-electron chi connectivity index (χ4n) is 2.30. The molecule has 2 aromatic heterocycles. The summed E-state index contributed by atoms with van der Waals surface area (Å²) in [4.78, 5) is 0. The van der Waals surface area contributed by atoms with Gasteiger partial charge in [0.05, 0.1) is 11.9 Å². The lowest BCUT2D eigenvalue weighted by Crippen LogP contribution is -1.98. The molecule has 2 N–H and O–H groups in total. The number of aryl methyl sites for hydroxylation is 2. The van der Waals surface area contributed by atoms with Crippen LogP contribution in [0.4, 0.5) is 0 Å². The number of hydrogen-bond donors (Lipinski definition) is 1. The Labute approximate surface area is 105 Å². The first-order chi connectivity index (χ1) is 8.70. The second kappa shape index (κ2) is 3.99. The molecule has 3 aromatic rings. The zero-order chi connectivity index (χ0) is 12.7. The van der Waals surface area contributed by atoms with Crippen molar-refractivity contribution in [3.8, 4) is 11.5 Å². The predicted molar refractivity (Wildman–Crippen MR) is 71.0 cm³/mol. The SMILES string of the molecule is Cc1ccc2c(c1)cc(-c1oncc1CN)n2C. The van der Waals surface area contributed by atoms with Crippen LogP contribution >= 0.6 is 0 Å². The Morgan fingerprint density at radius 2 is 2.17 bits per heavy atom. The molecule has 0 aliphatic carbocycles. The minimum Gasteiger partial charge on any atom is -0.354 e. The van der Waals surface area contributed by atoms with Gasteiger partial charge in [-0.2, -0.15) is 0 Å². The first-order valence-corrected chi connectivity index (χ1v) is 5.91. The van der Waals surface area contributed by atoms with E-state index in [4.69, 9.17) is 10.3 Å². The molecule has 2 heterocycles. The lowest BCUT2D eigenvalue weighted by Gasteiger charge is -2.02. The van der Waals surface area contributed by atoms with Gasteiger partial charge < -0.3 is 14.8 Å². The highest BCUT2D eigenvalue weighted by molar-refractivity contribution is 5.87. The van der Waals surface area contributed by atoms with Gasteiger partial charge in [0.2, 0.25) is 0 Å². The fourth-order valence-corrected chi connectivity index (χ4v) is 2.30. The Bertz CT molecular complexity index is 709. The number of rotatable bonds is 2. The monoisotopic (exact) mass is 241 g/mol. The number of aromatic nitrogens is 2. The Balaban J connectivity index is 2.27. The van der Waals surface area contributed by atoms with Crippen molar-refractivity contribution in [3.05, 3.63) is 41.6 Å². The van der Waals surface area contributed by atoms with Crippen molar-refractivity contribution in [2.75, 3.05) is 0 Å². The summed E-state index contributed by atoms with van der Waals surface area (Å²) < 4.78 is 7.44. The first kappa shape index (κ1) is 11.0. The first-order valence-electron chi connectivity index (χ1n) is 5.91. The van der Waals surface area contributed by atoms with Crippen molar-refractivity contribution in [2.45, 2.75) is 13.5 Å². The Hall–Kier alpha value is -2.07. The third kappa shape index (κ3) is 1.54. The molecule has 0 bridgehead atoms. The van der Waals surface area contributed by atoms with Crippen LogP contribution in [0.3, 0.4) is 0 Å². The van der Waals surface area contributed by atoms with Crippen molar-refractivity contribution in [2.24, 2.45) is 12.8 Å². The van der Waals surface area contributed by atoms with E-state index in [1.54, 1.807) is 6.20 Å². The van der Waals surface area contributed by atoms with E-state index in [0.717, 1.165) is 17.0 Å². The summed E-state index contributed by atoms with van der Waals surface area (Å²) >= 11 is 0. The molecule has 0 spiro atoms. The van der Waals surface area contributed by atoms with E-state index in [1.165, 1.54) is 16.5 Å². The number of hydrogen-bond acceptors (Lipinski definition) is 3. The van der Waals surface area contributed by atoms with Crippen LogP contribution in [0.1, 0.15) is 11.1 Å². The van der Waals surface area contributed by atoms with Crippen LogP contribution in [-0.2, 0) is 13.6 Å². The van der Waals surface area contributed by atoms with E-state index in [-0.39, 0.29) is 0 Å². The van der Waals surface area contributed by atoms with Crippen LogP contribution in [0.25, 0.3) is 22.4 Å². The van der Waals surface area contributed by atoms with Gasteiger partial charge in [-0.1, -0.05) is 16.8 Å². The molecule has 3 rings (SSSR count). The Morgan fingerprint density at radius 3 is 2.94 bits per heavy atom. The fraction of sp³-hybridized carbons (Fsp3) is 0.214. The summed E-state index contributed by atoms with van der Waals surface area (Å²) in [6.45, 7) is 2.52. The molecule has 0 saturated carbocycles. The number of benzene rings is 1. The molecule has 0 amide bonds. The summed E-state index contributed by atoms with van der Waals surface area (Å²) in [5, 5.41) is 5.03. The van der Waals surface area contributed by atoms with Crippen molar-refractivity contribution in [1.29, 1.82) is 0 Å². The molecule has 0 unspecified atom stereocenters. The van der Waals surface area contributed by atoms with Crippen LogP contribution in [0, 0.1) is 6.92 Å². The highest BCUT2D eigenvalue weighted by Gasteiger charge is 2.15. The molecule has 4 nitrogen and oxygen atoms in total. The maximum absolute atomic E-state index is 5.69. The largest absolute Gasteiger partial charge is 0.354 e. The van der Waals surface area contributed by atoms with Crippen molar-refractivity contribution in [1.82, 2.24) is 9.72 Å². The zero-order valence-electron chi connectivity index (χ0n) is 10.5. The predicted octanol–water partition coefficient (Wildman–Crippen LogP) is 2.60. The molecule has 0 atom stereocenters. The topological polar surface area (TPSA) is 57.0 Å². The number of nitrogens with zero attached hydrogens (tertiary/aromatic N) is 2. The van der Waals surface area contributed by atoms with Crippen LogP contribution in [0.2, 0.25) is 0 Å². The quantitative estimate of drug-likeness (QED) is 0.750. The van der Waals surface area contributed by atoms with Gasteiger partial charge in [-0.15, -0.1) is 0 Å². The van der Waals surface area contributed by atoms with Gasteiger partial charge in [0.15, 0.2) is 5.76 Å². The van der Waals surface area contributed by atoms with Gasteiger partial charge in [0, 0.05) is 30.1 Å². The molecule has 0 fully saturated rings. The molecule has 1 aromatic carbocycles. The highest BCUT2D eigenvalue weighted by atomic mass is 16.5. The smallest absolute Gasteiger partial charge is 0.187 e. The lowest BCUT2D eigenvalue weighted by molar-refractivity contribution is 0.429. The van der Waals surface area contributed by atoms with Crippen LogP contribution in [-0.4, -0.2) is 9.72 Å². The third-order valence-electron chi connectivity index (χ3n) is 3.29. The van der Waals surface area contributed by atoms with Gasteiger partial charge in [-0.05, 0) is 25.1 Å². The summed E-state index contributed by atoms with van der Waals surface area (Å²) in [5.41, 5.74) is 10.1. The summed E-state index contributed by atoms with van der Waals surface area (Å²) in [6.07, 6.45) is 1.68. The minimum absolute atomic E-state index is 0.430. The molecule has 0 radical (unpaired) electrons. The van der Waals surface area contributed by atoms with Gasteiger partial charge in [-0.25, -0.2) is 0 Å². The van der Waals surface area contributed by atoms with E-state index in [1.807, 2.05) is 7.05 Å². The van der Waals surface area contributed by atoms with E-state index >= 15 is 0 Å². The maximum Gasteiger partial charge on any atom is 0.187 e. The second-order valence-electron chi connectivity index (χ2n) is 4.54. The molecular weight excluding hydrogens is 226 g/mol. The summed E-state index contributed by atoms with van der Waals surface area (Å²) in [5.74, 6) is 0.758. The number of nitrogens with two attached hydrogens (primary N) is 1. The van der Waals surface area contributed by atoms with E-state index in [9.17, 15) is 0 Å². The average Bonchev–Trinajstić information content (AvgIpc) is 2.93. The van der Waals surface area contributed by atoms with Crippen molar-refractivity contribution in [3.63, 3.8) is 0 Å². The molecule has 0 aliphatic rings. The normalized spacial score (nSPS) is 11.3. The maximum atomic E-state index is 5.69. The molecule has 92 valence electrons. The highest BCUT2D eigenvalue weighted by Crippen LogP contribution is 2.29. The lowest BCUT2D eigenvalue weighted by atomic mass is 10.1. The molecule has 0 saturated heterocycles.